The zero-order valence-corrected chi connectivity index (χ0v) is 10.3. The summed E-state index contributed by atoms with van der Waals surface area (Å²) in [5, 5.41) is 9.19. The Morgan fingerprint density at radius 2 is 2.06 bits per heavy atom. The number of amides is 1. The number of carbonyl (C=O) groups excluding carboxylic acids is 1. The quantitative estimate of drug-likeness (QED) is 0.554. The van der Waals surface area contributed by atoms with Crippen LogP contribution in [0.25, 0.3) is 0 Å². The van der Waals surface area contributed by atoms with E-state index in [1.165, 1.54) is 4.90 Å². The van der Waals surface area contributed by atoms with Gasteiger partial charge >= 0.3 is 5.97 Å². The summed E-state index contributed by atoms with van der Waals surface area (Å²) in [6, 6.07) is 0. The number of β-lactam (4-membered cyclic amide) rings is 1. The Morgan fingerprint density at radius 1 is 1.47 bits per heavy atom. The van der Waals surface area contributed by atoms with Crippen LogP contribution in [0, 0.1) is 5.41 Å². The SMILES string of the molecule is CC=C1C(=O)N2C(C(=O)O)=C(C(C)(C)C)O[C@H]12. The van der Waals surface area contributed by atoms with Crippen LogP contribution < -0.4 is 0 Å². The average Bonchev–Trinajstić information content (AvgIpc) is 2.53. The first-order chi connectivity index (χ1) is 7.79. The number of hydrogen-bond acceptors (Lipinski definition) is 3. The van der Waals surface area contributed by atoms with Gasteiger partial charge in [0.15, 0.2) is 5.70 Å². The van der Waals surface area contributed by atoms with Crippen molar-refractivity contribution in [3.8, 4) is 0 Å². The van der Waals surface area contributed by atoms with Crippen molar-refractivity contribution in [1.29, 1.82) is 0 Å². The van der Waals surface area contributed by atoms with Gasteiger partial charge < -0.3 is 9.84 Å². The minimum atomic E-state index is -1.12. The van der Waals surface area contributed by atoms with E-state index in [1.807, 2.05) is 20.8 Å². The zero-order chi connectivity index (χ0) is 13.0. The van der Waals surface area contributed by atoms with Crippen molar-refractivity contribution in [3.63, 3.8) is 0 Å². The van der Waals surface area contributed by atoms with Crippen molar-refractivity contribution in [2.75, 3.05) is 0 Å². The second-order valence-electron chi connectivity index (χ2n) is 5.12. The maximum Gasteiger partial charge on any atom is 0.356 e. The number of allylic oxidation sites excluding steroid dienone is 2. The van der Waals surface area contributed by atoms with E-state index < -0.39 is 17.6 Å². The van der Waals surface area contributed by atoms with Gasteiger partial charge in [0.05, 0.1) is 5.57 Å². The molecule has 0 unspecified atom stereocenters. The van der Waals surface area contributed by atoms with E-state index in [2.05, 4.69) is 0 Å². The van der Waals surface area contributed by atoms with Gasteiger partial charge in [-0.2, -0.15) is 0 Å². The molecule has 1 amide bonds. The van der Waals surface area contributed by atoms with Crippen molar-refractivity contribution < 1.29 is 19.4 Å². The van der Waals surface area contributed by atoms with Crippen molar-refractivity contribution >= 4 is 11.9 Å². The molecule has 0 saturated carbocycles. The van der Waals surface area contributed by atoms with Crippen LogP contribution in [0.2, 0.25) is 0 Å². The Morgan fingerprint density at radius 3 is 2.47 bits per heavy atom. The molecule has 92 valence electrons. The first-order valence-corrected chi connectivity index (χ1v) is 5.43. The lowest BCUT2D eigenvalue weighted by atomic mass is 9.92. The molecule has 17 heavy (non-hydrogen) atoms. The molecule has 2 aliphatic rings. The highest BCUT2D eigenvalue weighted by Crippen LogP contribution is 2.45. The van der Waals surface area contributed by atoms with Crippen LogP contribution in [-0.2, 0) is 14.3 Å². The molecule has 1 atom stereocenters. The van der Waals surface area contributed by atoms with E-state index >= 15 is 0 Å². The van der Waals surface area contributed by atoms with Crippen LogP contribution in [0.3, 0.4) is 0 Å². The van der Waals surface area contributed by atoms with E-state index in [0.29, 0.717) is 11.3 Å². The molecule has 2 aliphatic heterocycles. The Balaban J connectivity index is 2.47. The summed E-state index contributed by atoms with van der Waals surface area (Å²) in [4.78, 5) is 24.2. The molecule has 0 radical (unpaired) electrons. The number of aliphatic carboxylic acids is 1. The number of carboxylic acids is 1. The molecule has 1 saturated heterocycles. The molecule has 0 aromatic rings. The third kappa shape index (κ3) is 1.45. The number of carboxylic acid groups (broad SMARTS) is 1. The highest BCUT2D eigenvalue weighted by Gasteiger charge is 2.55. The second kappa shape index (κ2) is 3.35. The predicted molar refractivity (Wildman–Crippen MR) is 59.6 cm³/mol. The summed E-state index contributed by atoms with van der Waals surface area (Å²) < 4.78 is 5.61. The van der Waals surface area contributed by atoms with Gasteiger partial charge in [-0.05, 0) is 6.92 Å². The van der Waals surface area contributed by atoms with Crippen molar-refractivity contribution in [1.82, 2.24) is 4.90 Å². The molecule has 0 aliphatic carbocycles. The van der Waals surface area contributed by atoms with Crippen LogP contribution in [0.1, 0.15) is 27.7 Å². The molecule has 5 nitrogen and oxygen atoms in total. The molecule has 5 heteroatoms. The first-order valence-electron chi connectivity index (χ1n) is 5.43. The van der Waals surface area contributed by atoms with Crippen LogP contribution >= 0.6 is 0 Å². The van der Waals surface area contributed by atoms with Crippen molar-refractivity contribution in [2.24, 2.45) is 5.41 Å². The number of rotatable bonds is 1. The number of fused-ring (bicyclic) bond motifs is 1. The van der Waals surface area contributed by atoms with Crippen molar-refractivity contribution in [2.45, 2.75) is 33.9 Å². The summed E-state index contributed by atoms with van der Waals surface area (Å²) in [5.74, 6) is -1.05. The van der Waals surface area contributed by atoms with Gasteiger partial charge in [-0.3, -0.25) is 9.69 Å². The summed E-state index contributed by atoms with van der Waals surface area (Å²) in [5.41, 5.74) is 0.0468. The Kier molecular flexibility index (Phi) is 2.31. The molecular weight excluding hydrogens is 222 g/mol. The van der Waals surface area contributed by atoms with Crippen LogP contribution in [-0.4, -0.2) is 28.1 Å². The summed E-state index contributed by atoms with van der Waals surface area (Å²) in [7, 11) is 0. The third-order valence-electron chi connectivity index (χ3n) is 2.85. The highest BCUT2D eigenvalue weighted by molar-refractivity contribution is 6.07. The van der Waals surface area contributed by atoms with Gasteiger partial charge in [0.1, 0.15) is 5.76 Å². The molecule has 0 spiro atoms. The fraction of sp³-hybridized carbons (Fsp3) is 0.500. The normalized spacial score (nSPS) is 25.9. The zero-order valence-electron chi connectivity index (χ0n) is 10.3. The predicted octanol–water partition coefficient (Wildman–Crippen LogP) is 1.47. The summed E-state index contributed by atoms with van der Waals surface area (Å²) >= 11 is 0. The lowest BCUT2D eigenvalue weighted by molar-refractivity contribution is -0.147. The molecule has 0 aromatic carbocycles. The molecule has 0 bridgehead atoms. The van der Waals surface area contributed by atoms with E-state index in [4.69, 9.17) is 4.74 Å². The Hall–Kier alpha value is -1.78. The molecule has 2 rings (SSSR count). The standard InChI is InChI=1S/C12H15NO4/c1-5-6-9(14)13-7(11(15)16)8(12(2,3)4)17-10(6)13/h5,10H,1-4H3,(H,15,16)/t10-/m1/s1. The van der Waals surface area contributed by atoms with Crippen LogP contribution in [0.4, 0.5) is 0 Å². The fourth-order valence-corrected chi connectivity index (χ4v) is 2.03. The smallest absolute Gasteiger partial charge is 0.356 e. The summed E-state index contributed by atoms with van der Waals surface area (Å²) in [6.07, 6.45) is 1.11. The van der Waals surface area contributed by atoms with Gasteiger partial charge in [-0.15, -0.1) is 0 Å². The molecule has 1 N–H and O–H groups in total. The van der Waals surface area contributed by atoms with Gasteiger partial charge in [0, 0.05) is 5.41 Å². The highest BCUT2D eigenvalue weighted by atomic mass is 16.5. The van der Waals surface area contributed by atoms with Gasteiger partial charge in [0.2, 0.25) is 6.23 Å². The minimum Gasteiger partial charge on any atom is -0.476 e. The number of ether oxygens (including phenoxy) is 1. The Labute approximate surface area is 99.4 Å². The van der Waals surface area contributed by atoms with E-state index in [-0.39, 0.29) is 11.6 Å². The summed E-state index contributed by atoms with van der Waals surface area (Å²) in [6.45, 7) is 7.31. The Bertz CT molecular complexity index is 467. The minimum absolute atomic E-state index is 0.0295. The number of hydrogen-bond donors (Lipinski definition) is 1. The lowest BCUT2D eigenvalue weighted by Crippen LogP contribution is -2.52. The molecular formula is C12H15NO4. The topological polar surface area (TPSA) is 66.8 Å². The molecule has 2 heterocycles. The second-order valence-corrected chi connectivity index (χ2v) is 5.12. The molecule has 1 fully saturated rings. The third-order valence-corrected chi connectivity index (χ3v) is 2.85. The van der Waals surface area contributed by atoms with E-state index in [1.54, 1.807) is 13.0 Å². The monoisotopic (exact) mass is 237 g/mol. The molecule has 0 aromatic heterocycles. The maximum atomic E-state index is 11.7. The van der Waals surface area contributed by atoms with Gasteiger partial charge in [-0.1, -0.05) is 26.8 Å². The fourth-order valence-electron chi connectivity index (χ4n) is 2.03. The first kappa shape index (κ1) is 11.7. The van der Waals surface area contributed by atoms with Gasteiger partial charge in [0.25, 0.3) is 5.91 Å². The largest absolute Gasteiger partial charge is 0.476 e. The maximum absolute atomic E-state index is 11.7. The van der Waals surface area contributed by atoms with Crippen LogP contribution in [0.15, 0.2) is 23.1 Å². The lowest BCUT2D eigenvalue weighted by Gasteiger charge is -2.35. The van der Waals surface area contributed by atoms with Crippen LogP contribution in [0.5, 0.6) is 0 Å². The number of carbonyl (C=O) groups is 2. The van der Waals surface area contributed by atoms with Crippen molar-refractivity contribution in [3.05, 3.63) is 23.1 Å². The van der Waals surface area contributed by atoms with E-state index in [0.717, 1.165) is 0 Å². The van der Waals surface area contributed by atoms with E-state index in [9.17, 15) is 14.7 Å². The number of nitrogens with zero attached hydrogens (tertiary/aromatic N) is 1. The van der Waals surface area contributed by atoms with Gasteiger partial charge in [-0.25, -0.2) is 4.79 Å². The average molecular weight is 237 g/mol.